The predicted octanol–water partition coefficient (Wildman–Crippen LogP) is 5.15. The van der Waals surface area contributed by atoms with Gasteiger partial charge in [-0.1, -0.05) is 17.7 Å². The Morgan fingerprint density at radius 1 is 0.897 bits per heavy atom. The zero-order chi connectivity index (χ0) is 21.0. The lowest BCUT2D eigenvalue weighted by molar-refractivity contribution is -0.137. The van der Waals surface area contributed by atoms with Crippen LogP contribution in [0.1, 0.15) is 5.56 Å². The normalized spacial score (nSPS) is 11.0. The van der Waals surface area contributed by atoms with E-state index >= 15 is 0 Å². The number of nitrogens with zero attached hydrogens (tertiary/aromatic N) is 2. The molecule has 2 aromatic carbocycles. The van der Waals surface area contributed by atoms with Gasteiger partial charge in [-0.2, -0.15) is 18.2 Å². The standard InChI is InChI=1S/C19H16ClF3N6/c20-16-6-4-13(9-15(16)19(21,22)23)27-11-2-1-3-12(8-11)28-14-5-7-17(26-10-14)29-18(24)25/h1-10,27-28H,(H4,24,25,26,29). The van der Waals surface area contributed by atoms with Gasteiger partial charge in [0.05, 0.1) is 22.5 Å². The molecule has 29 heavy (non-hydrogen) atoms. The Balaban J connectivity index is 1.76. The smallest absolute Gasteiger partial charge is 0.370 e. The van der Waals surface area contributed by atoms with Crippen molar-refractivity contribution in [3.8, 4) is 0 Å². The molecule has 1 aromatic heterocycles. The summed E-state index contributed by atoms with van der Waals surface area (Å²) in [4.78, 5) is 7.93. The van der Waals surface area contributed by atoms with Crippen LogP contribution in [0.2, 0.25) is 5.02 Å². The summed E-state index contributed by atoms with van der Waals surface area (Å²) in [6, 6.07) is 14.1. The zero-order valence-corrected chi connectivity index (χ0v) is 15.6. The Labute approximate surface area is 169 Å². The second-order valence-electron chi connectivity index (χ2n) is 5.96. The highest BCUT2D eigenvalue weighted by molar-refractivity contribution is 6.31. The number of benzene rings is 2. The van der Waals surface area contributed by atoms with Gasteiger partial charge >= 0.3 is 6.18 Å². The lowest BCUT2D eigenvalue weighted by Gasteiger charge is -2.13. The predicted molar refractivity (Wildman–Crippen MR) is 109 cm³/mol. The van der Waals surface area contributed by atoms with E-state index in [0.29, 0.717) is 22.9 Å². The van der Waals surface area contributed by atoms with Crippen LogP contribution in [0, 0.1) is 0 Å². The number of nitrogens with two attached hydrogens (primary N) is 2. The van der Waals surface area contributed by atoms with E-state index in [4.69, 9.17) is 23.1 Å². The molecule has 6 N–H and O–H groups in total. The fourth-order valence-electron chi connectivity index (χ4n) is 2.49. The first-order valence-corrected chi connectivity index (χ1v) is 8.65. The number of alkyl halides is 3. The largest absolute Gasteiger partial charge is 0.417 e. The molecule has 150 valence electrons. The summed E-state index contributed by atoms with van der Waals surface area (Å²) in [6.07, 6.45) is -2.98. The summed E-state index contributed by atoms with van der Waals surface area (Å²) < 4.78 is 39.1. The van der Waals surface area contributed by atoms with Crippen molar-refractivity contribution in [2.45, 2.75) is 6.18 Å². The molecule has 0 spiro atoms. The molecule has 0 bridgehead atoms. The quantitative estimate of drug-likeness (QED) is 0.338. The molecule has 0 aliphatic heterocycles. The molecule has 1 heterocycles. The number of halogens is 4. The van der Waals surface area contributed by atoms with E-state index in [9.17, 15) is 13.2 Å². The molecule has 0 atom stereocenters. The van der Waals surface area contributed by atoms with Crippen LogP contribution in [0.4, 0.5) is 41.7 Å². The van der Waals surface area contributed by atoms with Gasteiger partial charge in [0.15, 0.2) is 11.8 Å². The van der Waals surface area contributed by atoms with Gasteiger partial charge < -0.3 is 22.1 Å². The Bertz CT molecular complexity index is 1030. The summed E-state index contributed by atoms with van der Waals surface area (Å²) in [6.45, 7) is 0. The molecule has 3 rings (SSSR count). The van der Waals surface area contributed by atoms with Crippen LogP contribution in [-0.2, 0) is 6.18 Å². The second-order valence-corrected chi connectivity index (χ2v) is 6.37. The number of anilines is 4. The van der Waals surface area contributed by atoms with Gasteiger partial charge in [-0.05, 0) is 48.5 Å². The minimum atomic E-state index is -4.53. The minimum Gasteiger partial charge on any atom is -0.370 e. The molecule has 0 aliphatic rings. The van der Waals surface area contributed by atoms with E-state index in [1.807, 2.05) is 0 Å². The van der Waals surface area contributed by atoms with Gasteiger partial charge in [-0.15, -0.1) is 0 Å². The molecule has 10 heteroatoms. The van der Waals surface area contributed by atoms with Crippen LogP contribution in [0.5, 0.6) is 0 Å². The monoisotopic (exact) mass is 420 g/mol. The summed E-state index contributed by atoms with van der Waals surface area (Å²) in [5, 5.41) is 5.73. The van der Waals surface area contributed by atoms with E-state index in [-0.39, 0.29) is 16.7 Å². The molecule has 0 unspecified atom stereocenters. The molecule has 0 fully saturated rings. The number of hydrogen-bond donors (Lipinski definition) is 4. The Kier molecular flexibility index (Phi) is 5.79. The summed E-state index contributed by atoms with van der Waals surface area (Å²) >= 11 is 5.65. The first kappa shape index (κ1) is 20.3. The van der Waals surface area contributed by atoms with Crippen LogP contribution in [0.3, 0.4) is 0 Å². The van der Waals surface area contributed by atoms with E-state index < -0.39 is 11.7 Å². The highest BCUT2D eigenvalue weighted by Gasteiger charge is 2.33. The Morgan fingerprint density at radius 3 is 2.10 bits per heavy atom. The fraction of sp³-hybridized carbons (Fsp3) is 0.0526. The third-order valence-electron chi connectivity index (χ3n) is 3.70. The van der Waals surface area contributed by atoms with Gasteiger partial charge in [-0.3, -0.25) is 0 Å². The summed E-state index contributed by atoms with van der Waals surface area (Å²) in [7, 11) is 0. The number of pyridine rings is 1. The summed E-state index contributed by atoms with van der Waals surface area (Å²) in [5.41, 5.74) is 12.0. The lowest BCUT2D eigenvalue weighted by atomic mass is 10.2. The van der Waals surface area contributed by atoms with Crippen molar-refractivity contribution in [2.24, 2.45) is 16.5 Å². The first-order valence-electron chi connectivity index (χ1n) is 8.27. The number of aliphatic imine (C=N–C) groups is 1. The maximum Gasteiger partial charge on any atom is 0.417 e. The third kappa shape index (κ3) is 5.52. The molecule has 0 saturated carbocycles. The average molecular weight is 421 g/mol. The second kappa shape index (κ2) is 8.27. The Hall–Kier alpha value is -3.46. The molecular formula is C19H16ClF3N6. The lowest BCUT2D eigenvalue weighted by Crippen LogP contribution is -2.22. The fourth-order valence-corrected chi connectivity index (χ4v) is 2.71. The number of aromatic nitrogens is 1. The van der Waals surface area contributed by atoms with Crippen molar-refractivity contribution >= 4 is 46.1 Å². The minimum absolute atomic E-state index is 0.0899. The molecule has 0 saturated heterocycles. The van der Waals surface area contributed by atoms with E-state index in [1.54, 1.807) is 42.6 Å². The number of guanidine groups is 1. The van der Waals surface area contributed by atoms with Gasteiger partial charge in [-0.25, -0.2) is 4.98 Å². The van der Waals surface area contributed by atoms with Crippen molar-refractivity contribution in [2.75, 3.05) is 10.6 Å². The van der Waals surface area contributed by atoms with Crippen LogP contribution in [0.15, 0.2) is 65.8 Å². The van der Waals surface area contributed by atoms with E-state index in [1.165, 1.54) is 12.1 Å². The van der Waals surface area contributed by atoms with E-state index in [0.717, 1.165) is 6.07 Å². The highest BCUT2D eigenvalue weighted by atomic mass is 35.5. The topological polar surface area (TPSA) is 101 Å². The van der Waals surface area contributed by atoms with Gasteiger partial charge in [0, 0.05) is 17.1 Å². The zero-order valence-electron chi connectivity index (χ0n) is 14.8. The number of nitrogens with one attached hydrogen (secondary N) is 2. The maximum atomic E-state index is 13.0. The number of rotatable bonds is 5. The van der Waals surface area contributed by atoms with Crippen molar-refractivity contribution in [3.63, 3.8) is 0 Å². The first-order chi connectivity index (χ1) is 13.7. The summed E-state index contributed by atoms with van der Waals surface area (Å²) in [5.74, 6) is 0.280. The molecular weight excluding hydrogens is 405 g/mol. The van der Waals surface area contributed by atoms with Crippen molar-refractivity contribution < 1.29 is 13.2 Å². The van der Waals surface area contributed by atoms with Crippen molar-refractivity contribution in [1.82, 2.24) is 4.98 Å². The van der Waals surface area contributed by atoms with Gasteiger partial charge in [0.2, 0.25) is 0 Å². The van der Waals surface area contributed by atoms with Crippen molar-refractivity contribution in [1.29, 1.82) is 0 Å². The van der Waals surface area contributed by atoms with Crippen LogP contribution >= 0.6 is 11.6 Å². The molecule has 6 nitrogen and oxygen atoms in total. The SMILES string of the molecule is NC(N)=Nc1ccc(Nc2cccc(Nc3ccc(Cl)c(C(F)(F)F)c3)c2)cn1. The van der Waals surface area contributed by atoms with Gasteiger partial charge in [0.25, 0.3) is 0 Å². The van der Waals surface area contributed by atoms with Crippen LogP contribution < -0.4 is 22.1 Å². The van der Waals surface area contributed by atoms with Crippen molar-refractivity contribution in [3.05, 3.63) is 71.4 Å². The molecule has 0 radical (unpaired) electrons. The highest BCUT2D eigenvalue weighted by Crippen LogP contribution is 2.36. The van der Waals surface area contributed by atoms with Gasteiger partial charge in [0.1, 0.15) is 0 Å². The molecule has 0 aliphatic carbocycles. The molecule has 3 aromatic rings. The molecule has 0 amide bonds. The maximum absolute atomic E-state index is 13.0. The Morgan fingerprint density at radius 2 is 1.52 bits per heavy atom. The third-order valence-corrected chi connectivity index (χ3v) is 4.03. The average Bonchev–Trinajstić information content (AvgIpc) is 2.64. The van der Waals surface area contributed by atoms with Crippen LogP contribution in [-0.4, -0.2) is 10.9 Å². The van der Waals surface area contributed by atoms with E-state index in [2.05, 4.69) is 20.6 Å². The van der Waals surface area contributed by atoms with Crippen LogP contribution in [0.25, 0.3) is 0 Å². The number of hydrogen-bond acceptors (Lipinski definition) is 4.